The molecule has 1 aromatic carbocycles. The lowest BCUT2D eigenvalue weighted by Crippen LogP contribution is -2.41. The Morgan fingerprint density at radius 2 is 2.17 bits per heavy atom. The predicted octanol–water partition coefficient (Wildman–Crippen LogP) is 1.61. The molecule has 1 aliphatic rings. The molecule has 1 amide bonds. The van der Waals surface area contributed by atoms with Crippen LogP contribution in [0.3, 0.4) is 0 Å². The maximum atomic E-state index is 12.3. The Morgan fingerprint density at radius 3 is 2.72 bits per heavy atom. The van der Waals surface area contributed by atoms with Crippen molar-refractivity contribution < 1.29 is 9.90 Å². The average Bonchev–Trinajstić information content (AvgIpc) is 2.89. The summed E-state index contributed by atoms with van der Waals surface area (Å²) in [5, 5.41) is 12.6. The summed E-state index contributed by atoms with van der Waals surface area (Å²) in [5.41, 5.74) is 0.632. The maximum absolute atomic E-state index is 12.3. The van der Waals surface area contributed by atoms with E-state index in [-0.39, 0.29) is 11.7 Å². The summed E-state index contributed by atoms with van der Waals surface area (Å²) in [5.74, 6) is 0.221. The lowest BCUT2D eigenvalue weighted by Gasteiger charge is -2.24. The first-order valence-electron chi connectivity index (χ1n) is 6.52. The number of aromatic hydroxyl groups is 1. The number of carbonyl (C=O) groups excluding carboxylic acids is 1. The Balaban J connectivity index is 2.02. The van der Waals surface area contributed by atoms with E-state index >= 15 is 0 Å². The molecule has 2 rings (SSSR count). The quantitative estimate of drug-likeness (QED) is 0.851. The van der Waals surface area contributed by atoms with Gasteiger partial charge in [-0.3, -0.25) is 4.79 Å². The van der Waals surface area contributed by atoms with Crippen molar-refractivity contribution in [2.24, 2.45) is 0 Å². The third kappa shape index (κ3) is 3.01. The number of benzene rings is 1. The first-order chi connectivity index (χ1) is 8.70. The van der Waals surface area contributed by atoms with Gasteiger partial charge in [-0.05, 0) is 50.6 Å². The van der Waals surface area contributed by atoms with Gasteiger partial charge in [0.15, 0.2) is 0 Å². The Bertz CT molecular complexity index is 397. The van der Waals surface area contributed by atoms with Crippen LogP contribution in [0.15, 0.2) is 24.3 Å². The van der Waals surface area contributed by atoms with Crippen molar-refractivity contribution in [3.63, 3.8) is 0 Å². The van der Waals surface area contributed by atoms with E-state index in [0.29, 0.717) is 18.2 Å². The second-order valence-corrected chi connectivity index (χ2v) is 4.68. The molecule has 0 spiro atoms. The fourth-order valence-corrected chi connectivity index (χ4v) is 2.32. The van der Waals surface area contributed by atoms with Gasteiger partial charge in [0.25, 0.3) is 5.91 Å². The predicted molar refractivity (Wildman–Crippen MR) is 70.7 cm³/mol. The highest BCUT2D eigenvalue weighted by Crippen LogP contribution is 2.13. The van der Waals surface area contributed by atoms with E-state index in [9.17, 15) is 9.90 Å². The number of likely N-dealkylation sites (N-methyl/N-ethyl adjacent to an activating group) is 1. The zero-order valence-electron chi connectivity index (χ0n) is 10.7. The van der Waals surface area contributed by atoms with E-state index in [1.54, 1.807) is 24.3 Å². The Labute approximate surface area is 108 Å². The monoisotopic (exact) mass is 248 g/mol. The van der Waals surface area contributed by atoms with Crippen molar-refractivity contribution in [3.05, 3.63) is 29.8 Å². The molecule has 1 fully saturated rings. The van der Waals surface area contributed by atoms with Crippen molar-refractivity contribution in [2.45, 2.75) is 25.8 Å². The molecule has 98 valence electrons. The summed E-state index contributed by atoms with van der Waals surface area (Å²) < 4.78 is 0. The fraction of sp³-hybridized carbons (Fsp3) is 0.500. The summed E-state index contributed by atoms with van der Waals surface area (Å²) >= 11 is 0. The number of carbonyl (C=O) groups is 1. The minimum Gasteiger partial charge on any atom is -0.508 e. The molecule has 0 radical (unpaired) electrons. The van der Waals surface area contributed by atoms with Gasteiger partial charge >= 0.3 is 0 Å². The van der Waals surface area contributed by atoms with Crippen molar-refractivity contribution in [1.82, 2.24) is 10.2 Å². The van der Waals surface area contributed by atoms with E-state index in [2.05, 4.69) is 5.32 Å². The van der Waals surface area contributed by atoms with Gasteiger partial charge in [-0.15, -0.1) is 0 Å². The second kappa shape index (κ2) is 5.87. The lowest BCUT2D eigenvalue weighted by molar-refractivity contribution is 0.0751. The Hall–Kier alpha value is -1.55. The summed E-state index contributed by atoms with van der Waals surface area (Å²) in [6.45, 7) is 4.51. The molecule has 1 atom stereocenters. The van der Waals surface area contributed by atoms with Crippen molar-refractivity contribution in [1.29, 1.82) is 0 Å². The van der Waals surface area contributed by atoms with Crippen LogP contribution >= 0.6 is 0 Å². The standard InChI is InChI=1S/C14H20N2O2/c1-2-16(10-12-4-3-9-15-12)14(18)11-5-7-13(17)8-6-11/h5-8,12,15,17H,2-4,9-10H2,1H3. The minimum atomic E-state index is 0.0335. The molecule has 1 aliphatic heterocycles. The molecule has 4 nitrogen and oxygen atoms in total. The SMILES string of the molecule is CCN(CC1CCCN1)C(=O)c1ccc(O)cc1. The second-order valence-electron chi connectivity index (χ2n) is 4.68. The lowest BCUT2D eigenvalue weighted by atomic mass is 10.1. The third-order valence-electron chi connectivity index (χ3n) is 3.39. The topological polar surface area (TPSA) is 52.6 Å². The van der Waals surface area contributed by atoms with E-state index < -0.39 is 0 Å². The summed E-state index contributed by atoms with van der Waals surface area (Å²) in [4.78, 5) is 14.1. The molecule has 1 unspecified atom stereocenters. The van der Waals surface area contributed by atoms with E-state index in [1.165, 1.54) is 6.42 Å². The van der Waals surface area contributed by atoms with E-state index in [4.69, 9.17) is 0 Å². The van der Waals surface area contributed by atoms with Crippen LogP contribution in [-0.2, 0) is 0 Å². The van der Waals surface area contributed by atoms with Gasteiger partial charge in [-0.1, -0.05) is 0 Å². The number of phenolic OH excluding ortho intramolecular Hbond substituents is 1. The van der Waals surface area contributed by atoms with Crippen LogP contribution in [-0.4, -0.2) is 41.6 Å². The largest absolute Gasteiger partial charge is 0.508 e. The molecular formula is C14H20N2O2. The van der Waals surface area contributed by atoms with E-state index in [1.807, 2.05) is 11.8 Å². The molecule has 4 heteroatoms. The molecule has 1 aromatic rings. The van der Waals surface area contributed by atoms with Crippen LogP contribution in [0, 0.1) is 0 Å². The molecule has 1 heterocycles. The number of amides is 1. The van der Waals surface area contributed by atoms with Gasteiger partial charge in [0, 0.05) is 24.7 Å². The van der Waals surface area contributed by atoms with Gasteiger partial charge in [-0.25, -0.2) is 0 Å². The minimum absolute atomic E-state index is 0.0335. The van der Waals surface area contributed by atoms with Gasteiger partial charge in [0.1, 0.15) is 5.75 Å². The van der Waals surface area contributed by atoms with Crippen LogP contribution in [0.25, 0.3) is 0 Å². The van der Waals surface area contributed by atoms with Gasteiger partial charge < -0.3 is 15.3 Å². The number of hydrogen-bond acceptors (Lipinski definition) is 3. The molecule has 0 saturated carbocycles. The number of rotatable bonds is 4. The Morgan fingerprint density at radius 1 is 1.44 bits per heavy atom. The summed E-state index contributed by atoms with van der Waals surface area (Å²) in [6.07, 6.45) is 2.33. The normalized spacial score (nSPS) is 18.8. The van der Waals surface area contributed by atoms with E-state index in [0.717, 1.165) is 19.5 Å². The number of hydrogen-bond donors (Lipinski definition) is 2. The average molecular weight is 248 g/mol. The number of nitrogens with zero attached hydrogens (tertiary/aromatic N) is 1. The molecule has 0 bridgehead atoms. The summed E-state index contributed by atoms with van der Waals surface area (Å²) in [7, 11) is 0. The molecule has 0 aliphatic carbocycles. The van der Waals surface area contributed by atoms with Crippen LogP contribution < -0.4 is 5.32 Å². The highest BCUT2D eigenvalue weighted by Gasteiger charge is 2.21. The van der Waals surface area contributed by atoms with Gasteiger partial charge in [0.2, 0.25) is 0 Å². The first-order valence-corrected chi connectivity index (χ1v) is 6.52. The van der Waals surface area contributed by atoms with Crippen LogP contribution in [0.4, 0.5) is 0 Å². The number of phenols is 1. The van der Waals surface area contributed by atoms with Crippen LogP contribution in [0.5, 0.6) is 5.75 Å². The molecule has 2 N–H and O–H groups in total. The van der Waals surface area contributed by atoms with Crippen molar-refractivity contribution >= 4 is 5.91 Å². The third-order valence-corrected chi connectivity index (χ3v) is 3.39. The molecule has 18 heavy (non-hydrogen) atoms. The highest BCUT2D eigenvalue weighted by molar-refractivity contribution is 5.94. The van der Waals surface area contributed by atoms with Crippen molar-refractivity contribution in [3.8, 4) is 5.75 Å². The zero-order chi connectivity index (χ0) is 13.0. The molecule has 0 aromatic heterocycles. The van der Waals surface area contributed by atoms with Gasteiger partial charge in [-0.2, -0.15) is 0 Å². The smallest absolute Gasteiger partial charge is 0.253 e. The zero-order valence-corrected chi connectivity index (χ0v) is 10.7. The molecule has 1 saturated heterocycles. The fourth-order valence-electron chi connectivity index (χ4n) is 2.32. The van der Waals surface area contributed by atoms with Crippen molar-refractivity contribution in [2.75, 3.05) is 19.6 Å². The van der Waals surface area contributed by atoms with Crippen LogP contribution in [0.2, 0.25) is 0 Å². The van der Waals surface area contributed by atoms with Crippen LogP contribution in [0.1, 0.15) is 30.1 Å². The Kier molecular flexibility index (Phi) is 4.20. The first kappa shape index (κ1) is 12.9. The summed E-state index contributed by atoms with van der Waals surface area (Å²) in [6, 6.07) is 6.86. The maximum Gasteiger partial charge on any atom is 0.253 e. The highest BCUT2D eigenvalue weighted by atomic mass is 16.3. The van der Waals surface area contributed by atoms with Gasteiger partial charge in [0.05, 0.1) is 0 Å². The number of nitrogens with one attached hydrogen (secondary N) is 1. The molecular weight excluding hydrogens is 228 g/mol.